The Balaban J connectivity index is 1.92. The van der Waals surface area contributed by atoms with E-state index in [1.165, 1.54) is 43.0 Å². The molecule has 3 atom stereocenters. The molecule has 0 radical (unpaired) electrons. The van der Waals surface area contributed by atoms with E-state index in [1.54, 1.807) is 0 Å². The van der Waals surface area contributed by atoms with Crippen LogP contribution in [0.4, 0.5) is 0 Å². The molecule has 1 saturated carbocycles. The molecule has 1 fully saturated rings. The van der Waals surface area contributed by atoms with Crippen LogP contribution < -0.4 is 5.32 Å². The molecule has 1 aliphatic carbocycles. The monoisotopic (exact) mass is 282 g/mol. The number of hydrogen-bond donors (Lipinski definition) is 1. The lowest BCUT2D eigenvalue weighted by Crippen LogP contribution is -2.45. The summed E-state index contributed by atoms with van der Waals surface area (Å²) < 4.78 is 0. The number of amidine groups is 1. The van der Waals surface area contributed by atoms with Crippen LogP contribution >= 0.6 is 11.8 Å². The molecule has 0 aromatic rings. The van der Waals surface area contributed by atoms with Crippen LogP contribution in [0.1, 0.15) is 59.8 Å². The van der Waals surface area contributed by atoms with Gasteiger partial charge in [-0.2, -0.15) is 0 Å². The van der Waals surface area contributed by atoms with Crippen molar-refractivity contribution < 1.29 is 0 Å². The molecule has 19 heavy (non-hydrogen) atoms. The summed E-state index contributed by atoms with van der Waals surface area (Å²) in [4.78, 5) is 4.85. The van der Waals surface area contributed by atoms with Crippen molar-refractivity contribution >= 4 is 16.9 Å². The second kappa shape index (κ2) is 6.51. The van der Waals surface area contributed by atoms with E-state index in [0.717, 1.165) is 18.4 Å². The average Bonchev–Trinajstić information content (AvgIpc) is 2.45. The van der Waals surface area contributed by atoms with Gasteiger partial charge < -0.3 is 5.32 Å². The molecule has 0 aromatic heterocycles. The minimum Gasteiger partial charge on any atom is -0.362 e. The number of hydrogen-bond acceptors (Lipinski definition) is 3. The smallest absolute Gasteiger partial charge is 0.156 e. The summed E-state index contributed by atoms with van der Waals surface area (Å²) in [5.41, 5.74) is 0.460. The Labute approximate surface area is 123 Å². The van der Waals surface area contributed by atoms with Gasteiger partial charge in [-0.15, -0.1) is 0 Å². The third kappa shape index (κ3) is 3.48. The number of nitrogens with zero attached hydrogens (tertiary/aromatic N) is 1. The molecule has 110 valence electrons. The van der Waals surface area contributed by atoms with Crippen molar-refractivity contribution in [2.75, 3.05) is 12.3 Å². The summed E-state index contributed by atoms with van der Waals surface area (Å²) in [6.45, 7) is 10.4. The minimum atomic E-state index is 0.460. The van der Waals surface area contributed by atoms with E-state index in [1.807, 2.05) is 11.8 Å². The largest absolute Gasteiger partial charge is 0.362 e. The van der Waals surface area contributed by atoms with Gasteiger partial charge >= 0.3 is 0 Å². The van der Waals surface area contributed by atoms with Gasteiger partial charge in [0.2, 0.25) is 0 Å². The predicted octanol–water partition coefficient (Wildman–Crippen LogP) is 4.31. The molecule has 1 aliphatic heterocycles. The van der Waals surface area contributed by atoms with Crippen LogP contribution in [0, 0.1) is 17.3 Å². The van der Waals surface area contributed by atoms with Gasteiger partial charge in [0.25, 0.3) is 0 Å². The van der Waals surface area contributed by atoms with Crippen molar-refractivity contribution in [1.29, 1.82) is 0 Å². The molecule has 0 saturated heterocycles. The number of rotatable bonds is 3. The summed E-state index contributed by atoms with van der Waals surface area (Å²) in [6.07, 6.45) is 6.59. The van der Waals surface area contributed by atoms with Gasteiger partial charge in [0.05, 0.1) is 0 Å². The van der Waals surface area contributed by atoms with Crippen LogP contribution in [0.5, 0.6) is 0 Å². The number of nitrogens with one attached hydrogen (secondary N) is 1. The van der Waals surface area contributed by atoms with Gasteiger partial charge in [-0.3, -0.25) is 4.99 Å². The Morgan fingerprint density at radius 1 is 1.26 bits per heavy atom. The number of thioether (sulfide) groups is 1. The van der Waals surface area contributed by atoms with E-state index < -0.39 is 0 Å². The van der Waals surface area contributed by atoms with Crippen molar-refractivity contribution in [3.8, 4) is 0 Å². The van der Waals surface area contributed by atoms with Crippen LogP contribution in [0.3, 0.4) is 0 Å². The highest BCUT2D eigenvalue weighted by atomic mass is 32.2. The minimum absolute atomic E-state index is 0.460. The van der Waals surface area contributed by atoms with Crippen molar-refractivity contribution in [2.45, 2.75) is 65.8 Å². The number of aliphatic imine (C=N–C) groups is 1. The fourth-order valence-corrected chi connectivity index (χ4v) is 4.59. The second-order valence-electron chi connectivity index (χ2n) is 6.64. The first-order chi connectivity index (χ1) is 9.10. The molecule has 2 rings (SSSR count). The van der Waals surface area contributed by atoms with E-state index in [-0.39, 0.29) is 0 Å². The normalized spacial score (nSPS) is 34.7. The summed E-state index contributed by atoms with van der Waals surface area (Å²) in [5, 5.41) is 4.95. The fraction of sp³-hybridized carbons (Fsp3) is 0.938. The third-order valence-corrected chi connectivity index (χ3v) is 6.87. The Hall–Kier alpha value is -0.180. The van der Waals surface area contributed by atoms with Crippen LogP contribution in [0.25, 0.3) is 0 Å². The highest BCUT2D eigenvalue weighted by Gasteiger charge is 2.32. The topological polar surface area (TPSA) is 24.4 Å². The first-order valence-corrected chi connectivity index (χ1v) is 9.02. The maximum atomic E-state index is 4.85. The molecule has 3 unspecified atom stereocenters. The average molecular weight is 282 g/mol. The maximum Gasteiger partial charge on any atom is 0.156 e. The van der Waals surface area contributed by atoms with E-state index in [0.29, 0.717) is 11.5 Å². The van der Waals surface area contributed by atoms with Crippen molar-refractivity contribution in [1.82, 2.24) is 5.32 Å². The van der Waals surface area contributed by atoms with Crippen LogP contribution in [-0.2, 0) is 0 Å². The Morgan fingerprint density at radius 3 is 2.58 bits per heavy atom. The highest BCUT2D eigenvalue weighted by Crippen LogP contribution is 2.36. The molecule has 0 spiro atoms. The van der Waals surface area contributed by atoms with E-state index in [4.69, 9.17) is 4.99 Å². The molecule has 0 amide bonds. The quantitative estimate of drug-likeness (QED) is 0.834. The summed E-state index contributed by atoms with van der Waals surface area (Å²) >= 11 is 1.96. The summed E-state index contributed by atoms with van der Waals surface area (Å²) in [6, 6.07) is 0.644. The van der Waals surface area contributed by atoms with Gasteiger partial charge in [0.1, 0.15) is 0 Å². The van der Waals surface area contributed by atoms with E-state index >= 15 is 0 Å². The molecular weight excluding hydrogens is 252 g/mol. The maximum absolute atomic E-state index is 4.85. The van der Waals surface area contributed by atoms with Gasteiger partial charge in [-0.05, 0) is 36.5 Å². The molecular formula is C16H30N2S. The van der Waals surface area contributed by atoms with Gasteiger partial charge in [0, 0.05) is 18.3 Å². The third-order valence-electron chi connectivity index (χ3n) is 5.59. The lowest BCUT2D eigenvalue weighted by molar-refractivity contribution is 0.225. The van der Waals surface area contributed by atoms with Gasteiger partial charge in [0.15, 0.2) is 5.17 Å². The lowest BCUT2D eigenvalue weighted by Gasteiger charge is -2.38. The van der Waals surface area contributed by atoms with Crippen molar-refractivity contribution in [2.24, 2.45) is 22.2 Å². The Kier molecular flexibility index (Phi) is 5.22. The molecule has 0 bridgehead atoms. The zero-order valence-corrected chi connectivity index (χ0v) is 13.9. The van der Waals surface area contributed by atoms with Crippen molar-refractivity contribution in [3.63, 3.8) is 0 Å². The first-order valence-electron chi connectivity index (χ1n) is 8.04. The molecule has 3 heteroatoms. The fourth-order valence-electron chi connectivity index (χ4n) is 3.26. The first kappa shape index (κ1) is 15.2. The predicted molar refractivity (Wildman–Crippen MR) is 86.9 cm³/mol. The molecule has 1 N–H and O–H groups in total. The standard InChI is InChI=1S/C16H30N2S/c1-5-16(6-2)10-17-15(19-11-16)18-14-9-7-8-12(3)13(14)4/h12-14H,5-11H2,1-4H3,(H,17,18). The molecule has 2 aliphatic rings. The van der Waals surface area contributed by atoms with E-state index in [9.17, 15) is 0 Å². The van der Waals surface area contributed by atoms with E-state index in [2.05, 4.69) is 33.0 Å². The SMILES string of the molecule is CCC1(CC)CN=C(NC2CCCC(C)C2C)SC1. The van der Waals surface area contributed by atoms with Crippen molar-refractivity contribution in [3.05, 3.63) is 0 Å². The summed E-state index contributed by atoms with van der Waals surface area (Å²) in [5.74, 6) is 2.87. The Bertz CT molecular complexity index is 323. The second-order valence-corrected chi connectivity index (χ2v) is 7.60. The highest BCUT2D eigenvalue weighted by molar-refractivity contribution is 8.13. The molecule has 1 heterocycles. The molecule has 0 aromatic carbocycles. The zero-order chi connectivity index (χ0) is 13.9. The zero-order valence-electron chi connectivity index (χ0n) is 13.0. The lowest BCUT2D eigenvalue weighted by atomic mass is 9.78. The summed E-state index contributed by atoms with van der Waals surface area (Å²) in [7, 11) is 0. The van der Waals surface area contributed by atoms with Crippen LogP contribution in [0.2, 0.25) is 0 Å². The Morgan fingerprint density at radius 2 is 2.00 bits per heavy atom. The van der Waals surface area contributed by atoms with Crippen LogP contribution in [-0.4, -0.2) is 23.5 Å². The van der Waals surface area contributed by atoms with Gasteiger partial charge in [-0.1, -0.05) is 52.3 Å². The van der Waals surface area contributed by atoms with Crippen LogP contribution in [0.15, 0.2) is 4.99 Å². The molecule has 2 nitrogen and oxygen atoms in total. The van der Waals surface area contributed by atoms with Gasteiger partial charge in [-0.25, -0.2) is 0 Å².